The fourth-order valence-electron chi connectivity index (χ4n) is 1.99. The lowest BCUT2D eigenvalue weighted by atomic mass is 10.0. The van der Waals surface area contributed by atoms with Crippen molar-refractivity contribution in [1.29, 1.82) is 0 Å². The number of carbonyl (C=O) groups excluding carboxylic acids is 2. The van der Waals surface area contributed by atoms with Crippen LogP contribution in [0, 0.1) is 12.8 Å². The third-order valence-corrected chi connectivity index (χ3v) is 4.08. The van der Waals surface area contributed by atoms with Gasteiger partial charge in [0.1, 0.15) is 6.04 Å². The number of thiophene rings is 1. The summed E-state index contributed by atoms with van der Waals surface area (Å²) in [5.74, 6) is 0.823. The summed E-state index contributed by atoms with van der Waals surface area (Å²) >= 11 is 1.39. The van der Waals surface area contributed by atoms with E-state index in [0.29, 0.717) is 16.6 Å². The molecular formula is C15H19N3O3S. The molecule has 0 spiro atoms. The summed E-state index contributed by atoms with van der Waals surface area (Å²) in [6.45, 7) is 5.65. The summed E-state index contributed by atoms with van der Waals surface area (Å²) in [7, 11) is 0. The third kappa shape index (κ3) is 4.24. The average Bonchev–Trinajstić information content (AvgIpc) is 3.13. The predicted octanol–water partition coefficient (Wildman–Crippen LogP) is 2.92. The number of carbonyl (C=O) groups is 2. The van der Waals surface area contributed by atoms with Crippen molar-refractivity contribution in [3.63, 3.8) is 0 Å². The number of nitrogens with one attached hydrogen (secondary N) is 1. The molecule has 2 aromatic heterocycles. The number of aromatic nitrogens is 2. The molecular weight excluding hydrogens is 302 g/mol. The Morgan fingerprint density at radius 3 is 2.68 bits per heavy atom. The first-order valence-corrected chi connectivity index (χ1v) is 8.01. The van der Waals surface area contributed by atoms with Crippen LogP contribution in [-0.4, -0.2) is 21.8 Å². The van der Waals surface area contributed by atoms with Crippen LogP contribution in [0.25, 0.3) is 0 Å². The Morgan fingerprint density at radius 1 is 1.36 bits per heavy atom. The Bertz CT molecular complexity index is 634. The van der Waals surface area contributed by atoms with E-state index >= 15 is 0 Å². The maximum Gasteiger partial charge on any atom is 0.249 e. The second kappa shape index (κ2) is 7.31. The average molecular weight is 321 g/mol. The summed E-state index contributed by atoms with van der Waals surface area (Å²) < 4.78 is 5.13. The third-order valence-electron chi connectivity index (χ3n) is 3.17. The predicted molar refractivity (Wildman–Crippen MR) is 82.6 cm³/mol. The highest BCUT2D eigenvalue weighted by molar-refractivity contribution is 7.12. The molecule has 1 unspecified atom stereocenters. The molecule has 0 fully saturated rings. The van der Waals surface area contributed by atoms with Crippen LogP contribution in [0.4, 0.5) is 0 Å². The molecule has 22 heavy (non-hydrogen) atoms. The first kappa shape index (κ1) is 16.4. The van der Waals surface area contributed by atoms with Gasteiger partial charge in [-0.05, 0) is 24.3 Å². The van der Waals surface area contributed by atoms with Crippen molar-refractivity contribution in [2.24, 2.45) is 5.92 Å². The number of ketones is 1. The van der Waals surface area contributed by atoms with Gasteiger partial charge < -0.3 is 9.84 Å². The largest absolute Gasteiger partial charge is 0.344 e. The Kier molecular flexibility index (Phi) is 5.43. The Hall–Kier alpha value is -2.02. The van der Waals surface area contributed by atoms with Gasteiger partial charge >= 0.3 is 0 Å². The molecule has 2 aromatic rings. The van der Waals surface area contributed by atoms with Crippen LogP contribution in [0.15, 0.2) is 22.0 Å². The zero-order valence-corrected chi connectivity index (χ0v) is 13.6. The van der Waals surface area contributed by atoms with E-state index in [4.69, 9.17) is 4.52 Å². The minimum Gasteiger partial charge on any atom is -0.344 e. The van der Waals surface area contributed by atoms with Crippen molar-refractivity contribution < 1.29 is 14.1 Å². The maximum absolute atomic E-state index is 12.1. The van der Waals surface area contributed by atoms with E-state index in [9.17, 15) is 9.59 Å². The molecule has 0 aliphatic carbocycles. The minimum absolute atomic E-state index is 0.0140. The lowest BCUT2D eigenvalue weighted by molar-refractivity contribution is -0.122. The van der Waals surface area contributed by atoms with Gasteiger partial charge in [-0.25, -0.2) is 0 Å². The molecule has 118 valence electrons. The van der Waals surface area contributed by atoms with Crippen molar-refractivity contribution in [3.8, 4) is 0 Å². The van der Waals surface area contributed by atoms with Gasteiger partial charge in [0.25, 0.3) is 0 Å². The lowest BCUT2D eigenvalue weighted by Crippen LogP contribution is -2.32. The molecule has 1 atom stereocenters. The standard InChI is InChI=1S/C15H19N3O3S/c1-9(2)14(15-16-10(3)18-21-15)17-13(20)7-6-11(19)12-5-4-8-22-12/h4-5,8-9,14H,6-7H2,1-3H3,(H,17,20). The van der Waals surface area contributed by atoms with Crippen molar-refractivity contribution in [2.75, 3.05) is 0 Å². The van der Waals surface area contributed by atoms with E-state index in [1.54, 1.807) is 13.0 Å². The van der Waals surface area contributed by atoms with Gasteiger partial charge in [0, 0.05) is 12.8 Å². The lowest BCUT2D eigenvalue weighted by Gasteiger charge is -2.18. The minimum atomic E-state index is -0.342. The first-order chi connectivity index (χ1) is 10.5. The maximum atomic E-state index is 12.1. The molecule has 6 nitrogen and oxygen atoms in total. The van der Waals surface area contributed by atoms with Gasteiger partial charge in [-0.15, -0.1) is 11.3 Å². The second-order valence-corrected chi connectivity index (χ2v) is 6.32. The number of nitrogens with zero attached hydrogens (tertiary/aromatic N) is 2. The van der Waals surface area contributed by atoms with E-state index in [1.807, 2.05) is 25.3 Å². The zero-order chi connectivity index (χ0) is 16.1. The monoisotopic (exact) mass is 321 g/mol. The van der Waals surface area contributed by atoms with E-state index < -0.39 is 0 Å². The summed E-state index contributed by atoms with van der Waals surface area (Å²) in [5.41, 5.74) is 0. The smallest absolute Gasteiger partial charge is 0.249 e. The van der Waals surface area contributed by atoms with Gasteiger partial charge in [0.05, 0.1) is 4.88 Å². The van der Waals surface area contributed by atoms with Crippen LogP contribution in [0.1, 0.15) is 54.1 Å². The molecule has 0 aliphatic rings. The van der Waals surface area contributed by atoms with Gasteiger partial charge in [-0.1, -0.05) is 25.1 Å². The van der Waals surface area contributed by atoms with Crippen LogP contribution < -0.4 is 5.32 Å². The van der Waals surface area contributed by atoms with Gasteiger partial charge in [-0.2, -0.15) is 4.98 Å². The van der Waals surface area contributed by atoms with Crippen molar-refractivity contribution in [3.05, 3.63) is 34.1 Å². The summed E-state index contributed by atoms with van der Waals surface area (Å²) in [6.07, 6.45) is 0.340. The van der Waals surface area contributed by atoms with Crippen molar-refractivity contribution >= 4 is 23.0 Å². The summed E-state index contributed by atoms with van der Waals surface area (Å²) in [6, 6.07) is 3.25. The molecule has 0 bridgehead atoms. The Balaban J connectivity index is 1.90. The van der Waals surface area contributed by atoms with Crippen LogP contribution in [0.3, 0.4) is 0 Å². The number of hydrogen-bond donors (Lipinski definition) is 1. The summed E-state index contributed by atoms with van der Waals surface area (Å²) in [5, 5.41) is 8.45. The SMILES string of the molecule is Cc1noc(C(NC(=O)CCC(=O)c2cccs2)C(C)C)n1. The Labute approximate surface area is 132 Å². The second-order valence-electron chi connectivity index (χ2n) is 5.37. The number of hydrogen-bond acceptors (Lipinski definition) is 6. The fourth-order valence-corrected chi connectivity index (χ4v) is 2.68. The van der Waals surface area contributed by atoms with E-state index in [-0.39, 0.29) is 36.5 Å². The number of amides is 1. The molecule has 0 aromatic carbocycles. The van der Waals surface area contributed by atoms with Gasteiger partial charge in [-0.3, -0.25) is 9.59 Å². The highest BCUT2D eigenvalue weighted by Crippen LogP contribution is 2.20. The highest BCUT2D eigenvalue weighted by atomic mass is 32.1. The molecule has 2 rings (SSSR count). The fraction of sp³-hybridized carbons (Fsp3) is 0.467. The topological polar surface area (TPSA) is 85.1 Å². The number of Topliss-reactive ketones (excluding diaryl/α,β-unsaturated/α-hetero) is 1. The van der Waals surface area contributed by atoms with Gasteiger partial charge in [0.2, 0.25) is 11.8 Å². The quantitative estimate of drug-likeness (QED) is 0.793. The molecule has 0 aliphatic heterocycles. The molecule has 1 amide bonds. The molecule has 2 heterocycles. The Morgan fingerprint density at radius 2 is 2.14 bits per heavy atom. The van der Waals surface area contributed by atoms with E-state index in [0.717, 1.165) is 0 Å². The molecule has 0 saturated heterocycles. The van der Waals surface area contributed by atoms with E-state index in [2.05, 4.69) is 15.5 Å². The van der Waals surface area contributed by atoms with E-state index in [1.165, 1.54) is 11.3 Å². The molecule has 0 saturated carbocycles. The molecule has 0 radical (unpaired) electrons. The zero-order valence-electron chi connectivity index (χ0n) is 12.8. The normalized spacial score (nSPS) is 12.4. The number of rotatable bonds is 7. The van der Waals surface area contributed by atoms with Gasteiger partial charge in [0.15, 0.2) is 11.6 Å². The molecule has 1 N–H and O–H groups in total. The van der Waals surface area contributed by atoms with Crippen LogP contribution in [-0.2, 0) is 4.79 Å². The van der Waals surface area contributed by atoms with Crippen LogP contribution >= 0.6 is 11.3 Å². The highest BCUT2D eigenvalue weighted by Gasteiger charge is 2.24. The number of aryl methyl sites for hydroxylation is 1. The van der Waals surface area contributed by atoms with Crippen LogP contribution in [0.5, 0.6) is 0 Å². The van der Waals surface area contributed by atoms with Crippen LogP contribution in [0.2, 0.25) is 0 Å². The van der Waals surface area contributed by atoms with Crippen molar-refractivity contribution in [1.82, 2.24) is 15.5 Å². The molecule has 7 heteroatoms. The van der Waals surface area contributed by atoms with Crippen molar-refractivity contribution in [2.45, 2.75) is 39.7 Å². The first-order valence-electron chi connectivity index (χ1n) is 7.13. The summed E-state index contributed by atoms with van der Waals surface area (Å²) in [4.78, 5) is 28.8.